The number of aliphatic imine (C=N–C) groups is 1. The molecule has 0 radical (unpaired) electrons. The van der Waals surface area contributed by atoms with Crippen LogP contribution < -0.4 is 15.4 Å². The molecule has 0 aliphatic heterocycles. The molecule has 0 aliphatic rings. The zero-order valence-corrected chi connectivity index (χ0v) is 15.7. The third-order valence-corrected chi connectivity index (χ3v) is 3.74. The van der Waals surface area contributed by atoms with Crippen LogP contribution in [0.2, 0.25) is 5.15 Å². The Morgan fingerprint density at radius 3 is 2.72 bits per heavy atom. The summed E-state index contributed by atoms with van der Waals surface area (Å²) in [6.45, 7) is 8.70. The van der Waals surface area contributed by atoms with Gasteiger partial charge in [-0.15, -0.1) is 0 Å². The first-order valence-corrected chi connectivity index (χ1v) is 8.85. The topological polar surface area (TPSA) is 58.5 Å². The van der Waals surface area contributed by atoms with Crippen LogP contribution in [-0.2, 0) is 13.1 Å². The Hall–Kier alpha value is -2.27. The lowest BCUT2D eigenvalue weighted by Crippen LogP contribution is -2.36. The Kier molecular flexibility index (Phi) is 7.54. The van der Waals surface area contributed by atoms with Gasteiger partial charge in [0.25, 0.3) is 0 Å². The van der Waals surface area contributed by atoms with Crippen molar-refractivity contribution in [3.63, 3.8) is 0 Å². The second-order valence-electron chi connectivity index (χ2n) is 5.58. The zero-order chi connectivity index (χ0) is 18.1. The van der Waals surface area contributed by atoms with Crippen molar-refractivity contribution >= 4 is 17.6 Å². The second-order valence-corrected chi connectivity index (χ2v) is 5.97. The van der Waals surface area contributed by atoms with E-state index in [-0.39, 0.29) is 0 Å². The van der Waals surface area contributed by atoms with E-state index in [0.717, 1.165) is 29.4 Å². The Morgan fingerprint density at radius 2 is 2.04 bits per heavy atom. The van der Waals surface area contributed by atoms with Crippen LogP contribution in [0.5, 0.6) is 5.75 Å². The molecule has 1 aromatic carbocycles. The molecule has 0 atom stereocenters. The van der Waals surface area contributed by atoms with E-state index in [2.05, 4.69) is 45.7 Å². The van der Waals surface area contributed by atoms with Crippen molar-refractivity contribution in [2.24, 2.45) is 4.99 Å². The van der Waals surface area contributed by atoms with Crippen LogP contribution >= 0.6 is 11.6 Å². The van der Waals surface area contributed by atoms with Crippen molar-refractivity contribution in [1.29, 1.82) is 0 Å². The molecule has 0 unspecified atom stereocenters. The molecular formula is C19H25ClN4O. The standard InChI is InChI=1S/C19H25ClN4O/c1-4-21-19(23-12-15-7-9-18(20)22-11-15)24-13-16-8-6-14(3)10-17(16)25-5-2/h6-11H,4-5,12-13H2,1-3H3,(H2,21,23,24). The number of aromatic nitrogens is 1. The molecule has 0 saturated heterocycles. The molecule has 1 heterocycles. The van der Waals surface area contributed by atoms with Crippen molar-refractivity contribution in [1.82, 2.24) is 15.6 Å². The van der Waals surface area contributed by atoms with Gasteiger partial charge in [-0.25, -0.2) is 9.98 Å². The van der Waals surface area contributed by atoms with Gasteiger partial charge in [-0.3, -0.25) is 0 Å². The maximum atomic E-state index is 5.81. The van der Waals surface area contributed by atoms with Crippen molar-refractivity contribution < 1.29 is 4.74 Å². The maximum absolute atomic E-state index is 5.81. The molecule has 2 N–H and O–H groups in total. The summed E-state index contributed by atoms with van der Waals surface area (Å²) in [5.74, 6) is 1.66. The molecule has 0 bridgehead atoms. The summed E-state index contributed by atoms with van der Waals surface area (Å²) < 4.78 is 5.73. The highest BCUT2D eigenvalue weighted by Gasteiger charge is 2.05. The maximum Gasteiger partial charge on any atom is 0.191 e. The van der Waals surface area contributed by atoms with E-state index in [4.69, 9.17) is 16.3 Å². The van der Waals surface area contributed by atoms with Gasteiger partial charge in [0, 0.05) is 24.8 Å². The number of nitrogens with zero attached hydrogens (tertiary/aromatic N) is 2. The number of halogens is 1. The number of rotatable bonds is 7. The SMILES string of the molecule is CCNC(=NCc1ccc(Cl)nc1)NCc1ccc(C)cc1OCC. The van der Waals surface area contributed by atoms with E-state index in [9.17, 15) is 0 Å². The minimum absolute atomic E-state index is 0.487. The zero-order valence-electron chi connectivity index (χ0n) is 15.0. The molecule has 0 fully saturated rings. The van der Waals surface area contributed by atoms with Crippen LogP contribution in [0.1, 0.15) is 30.5 Å². The van der Waals surface area contributed by atoms with Crippen molar-refractivity contribution in [2.75, 3.05) is 13.2 Å². The minimum atomic E-state index is 0.487. The van der Waals surface area contributed by atoms with Gasteiger partial charge in [-0.05, 0) is 44.0 Å². The van der Waals surface area contributed by atoms with E-state index >= 15 is 0 Å². The number of pyridine rings is 1. The van der Waals surface area contributed by atoms with Gasteiger partial charge in [-0.1, -0.05) is 29.8 Å². The Bertz CT molecular complexity index is 701. The Balaban J connectivity index is 2.03. The van der Waals surface area contributed by atoms with Crippen LogP contribution in [0.25, 0.3) is 0 Å². The smallest absolute Gasteiger partial charge is 0.191 e. The Morgan fingerprint density at radius 1 is 1.20 bits per heavy atom. The summed E-state index contributed by atoms with van der Waals surface area (Å²) >= 11 is 5.81. The quantitative estimate of drug-likeness (QED) is 0.449. The van der Waals surface area contributed by atoms with Gasteiger partial charge in [-0.2, -0.15) is 0 Å². The average molecular weight is 361 g/mol. The predicted octanol–water partition coefficient (Wildman–Crippen LogP) is 3.70. The van der Waals surface area contributed by atoms with Crippen molar-refractivity contribution in [3.05, 3.63) is 58.4 Å². The molecule has 6 heteroatoms. The molecular weight excluding hydrogens is 336 g/mol. The predicted molar refractivity (Wildman–Crippen MR) is 103 cm³/mol. The van der Waals surface area contributed by atoms with Gasteiger partial charge in [0.2, 0.25) is 0 Å². The first-order chi connectivity index (χ1) is 12.1. The van der Waals surface area contributed by atoms with Crippen LogP contribution in [0.3, 0.4) is 0 Å². The summed E-state index contributed by atoms with van der Waals surface area (Å²) in [4.78, 5) is 8.67. The number of hydrogen-bond acceptors (Lipinski definition) is 3. The molecule has 134 valence electrons. The molecule has 1 aromatic heterocycles. The number of nitrogens with one attached hydrogen (secondary N) is 2. The normalized spacial score (nSPS) is 11.3. The summed E-state index contributed by atoms with van der Waals surface area (Å²) in [5.41, 5.74) is 3.29. The first kappa shape index (κ1) is 19.1. The first-order valence-electron chi connectivity index (χ1n) is 8.47. The van der Waals surface area contributed by atoms with E-state index in [1.54, 1.807) is 12.3 Å². The number of aryl methyl sites for hydroxylation is 1. The third kappa shape index (κ3) is 6.27. The minimum Gasteiger partial charge on any atom is -0.494 e. The molecule has 0 spiro atoms. The molecule has 25 heavy (non-hydrogen) atoms. The lowest BCUT2D eigenvalue weighted by Gasteiger charge is -2.14. The molecule has 0 saturated carbocycles. The summed E-state index contributed by atoms with van der Waals surface area (Å²) in [6.07, 6.45) is 1.74. The van der Waals surface area contributed by atoms with Gasteiger partial charge in [0.15, 0.2) is 5.96 Å². The monoisotopic (exact) mass is 360 g/mol. The fourth-order valence-corrected chi connectivity index (χ4v) is 2.40. The fraction of sp³-hybridized carbons (Fsp3) is 0.368. The number of guanidine groups is 1. The largest absolute Gasteiger partial charge is 0.494 e. The van der Waals surface area contributed by atoms with Crippen molar-refractivity contribution in [2.45, 2.75) is 33.9 Å². The van der Waals surface area contributed by atoms with Gasteiger partial charge in [0.1, 0.15) is 10.9 Å². The fourth-order valence-electron chi connectivity index (χ4n) is 2.29. The highest BCUT2D eigenvalue weighted by Crippen LogP contribution is 2.20. The highest BCUT2D eigenvalue weighted by molar-refractivity contribution is 6.29. The lowest BCUT2D eigenvalue weighted by atomic mass is 10.1. The number of benzene rings is 1. The third-order valence-electron chi connectivity index (χ3n) is 3.52. The molecule has 5 nitrogen and oxygen atoms in total. The average Bonchev–Trinajstić information content (AvgIpc) is 2.60. The Labute approximate surface area is 154 Å². The highest BCUT2D eigenvalue weighted by atomic mass is 35.5. The van der Waals surface area contributed by atoms with Gasteiger partial charge in [0.05, 0.1) is 13.2 Å². The summed E-state index contributed by atoms with van der Waals surface area (Å²) in [5, 5.41) is 7.08. The van der Waals surface area contributed by atoms with Gasteiger partial charge >= 0.3 is 0 Å². The molecule has 0 aliphatic carbocycles. The van der Waals surface area contributed by atoms with Crippen LogP contribution in [0.4, 0.5) is 0 Å². The van der Waals surface area contributed by atoms with Crippen LogP contribution in [-0.4, -0.2) is 24.1 Å². The van der Waals surface area contributed by atoms with E-state index in [1.165, 1.54) is 5.56 Å². The van der Waals surface area contributed by atoms with Crippen LogP contribution in [0.15, 0.2) is 41.5 Å². The van der Waals surface area contributed by atoms with E-state index in [1.807, 2.05) is 19.9 Å². The number of hydrogen-bond donors (Lipinski definition) is 2. The van der Waals surface area contributed by atoms with E-state index < -0.39 is 0 Å². The molecule has 0 amide bonds. The molecule has 2 aromatic rings. The van der Waals surface area contributed by atoms with E-state index in [0.29, 0.717) is 24.8 Å². The number of ether oxygens (including phenoxy) is 1. The summed E-state index contributed by atoms with van der Waals surface area (Å²) in [6, 6.07) is 9.93. The van der Waals surface area contributed by atoms with Gasteiger partial charge < -0.3 is 15.4 Å². The summed E-state index contributed by atoms with van der Waals surface area (Å²) in [7, 11) is 0. The second kappa shape index (κ2) is 9.89. The van der Waals surface area contributed by atoms with Crippen LogP contribution in [0, 0.1) is 6.92 Å². The lowest BCUT2D eigenvalue weighted by molar-refractivity contribution is 0.336. The molecule has 2 rings (SSSR count). The van der Waals surface area contributed by atoms with Crippen molar-refractivity contribution in [3.8, 4) is 5.75 Å².